The lowest BCUT2D eigenvalue weighted by Gasteiger charge is -2.31. The fraction of sp³-hybridized carbons (Fsp3) is 0.208. The molecule has 1 aliphatic rings. The number of piperidine rings is 1. The Bertz CT molecular complexity index is 1200. The number of nitrogens with one attached hydrogen (secondary N) is 1. The molecule has 0 atom stereocenters. The van der Waals surface area contributed by atoms with Crippen LogP contribution >= 0.6 is 0 Å². The number of fused-ring (bicyclic) bond motifs is 2. The summed E-state index contributed by atoms with van der Waals surface area (Å²) in [5.74, 6) is 0.530. The van der Waals surface area contributed by atoms with Crippen molar-refractivity contribution in [3.63, 3.8) is 0 Å². The van der Waals surface area contributed by atoms with Crippen molar-refractivity contribution in [3.05, 3.63) is 78.3 Å². The van der Waals surface area contributed by atoms with E-state index in [0.717, 1.165) is 37.0 Å². The maximum atomic E-state index is 12.6. The standard InChI is InChI=1S/C24H22N4O/c29-24(10-9-18-15-25-22-7-3-4-8-23(22)27-18)28-13-11-17(12-14-28)20-16-26-21-6-2-1-5-19(20)21/h1-10,15-17,26H,11-14H2/b10-9+. The first-order chi connectivity index (χ1) is 14.3. The molecule has 0 saturated carbocycles. The molecule has 5 heteroatoms. The molecule has 1 aliphatic heterocycles. The van der Waals surface area contributed by atoms with E-state index in [-0.39, 0.29) is 5.91 Å². The van der Waals surface area contributed by atoms with Crippen LogP contribution in [-0.2, 0) is 4.79 Å². The normalized spacial score (nSPS) is 15.5. The first-order valence-corrected chi connectivity index (χ1v) is 10.0. The third-order valence-corrected chi connectivity index (χ3v) is 5.73. The topological polar surface area (TPSA) is 61.9 Å². The van der Waals surface area contributed by atoms with E-state index in [9.17, 15) is 4.79 Å². The van der Waals surface area contributed by atoms with Gasteiger partial charge in [-0.25, -0.2) is 4.98 Å². The van der Waals surface area contributed by atoms with Crippen LogP contribution in [0.3, 0.4) is 0 Å². The molecule has 5 nitrogen and oxygen atoms in total. The first-order valence-electron chi connectivity index (χ1n) is 10.0. The number of carbonyl (C=O) groups excluding carboxylic acids is 1. The average Bonchev–Trinajstić information content (AvgIpc) is 3.21. The molecule has 1 amide bonds. The molecule has 29 heavy (non-hydrogen) atoms. The molecule has 3 heterocycles. The van der Waals surface area contributed by atoms with Gasteiger partial charge in [0.2, 0.25) is 5.91 Å². The molecule has 1 fully saturated rings. The molecule has 144 valence electrons. The van der Waals surface area contributed by atoms with Crippen molar-refractivity contribution in [1.82, 2.24) is 19.9 Å². The van der Waals surface area contributed by atoms with Gasteiger partial charge >= 0.3 is 0 Å². The Kier molecular flexibility index (Phi) is 4.56. The smallest absolute Gasteiger partial charge is 0.246 e. The second-order valence-corrected chi connectivity index (χ2v) is 7.51. The number of hydrogen-bond donors (Lipinski definition) is 1. The number of carbonyl (C=O) groups is 1. The van der Waals surface area contributed by atoms with Gasteiger partial charge in [0, 0.05) is 36.3 Å². The Morgan fingerprint density at radius 3 is 2.66 bits per heavy atom. The second kappa shape index (κ2) is 7.51. The molecule has 2 aromatic heterocycles. The van der Waals surface area contributed by atoms with Crippen molar-refractivity contribution in [2.75, 3.05) is 13.1 Å². The number of hydrogen-bond acceptors (Lipinski definition) is 3. The molecule has 0 spiro atoms. The summed E-state index contributed by atoms with van der Waals surface area (Å²) >= 11 is 0. The van der Waals surface area contributed by atoms with E-state index < -0.39 is 0 Å². The van der Waals surface area contributed by atoms with Gasteiger partial charge in [0.05, 0.1) is 22.9 Å². The zero-order valence-corrected chi connectivity index (χ0v) is 16.1. The molecule has 5 rings (SSSR count). The van der Waals surface area contributed by atoms with Crippen LogP contribution in [0.4, 0.5) is 0 Å². The summed E-state index contributed by atoms with van der Waals surface area (Å²) < 4.78 is 0. The van der Waals surface area contributed by atoms with Crippen molar-refractivity contribution in [2.24, 2.45) is 0 Å². The van der Waals surface area contributed by atoms with E-state index in [1.165, 1.54) is 16.5 Å². The Hall–Kier alpha value is -3.47. The number of aromatic nitrogens is 3. The van der Waals surface area contributed by atoms with E-state index in [1.807, 2.05) is 29.2 Å². The van der Waals surface area contributed by atoms with Crippen LogP contribution in [0.2, 0.25) is 0 Å². The number of nitrogens with zero attached hydrogens (tertiary/aromatic N) is 3. The molecule has 0 unspecified atom stereocenters. The van der Waals surface area contributed by atoms with Gasteiger partial charge in [0.25, 0.3) is 0 Å². The summed E-state index contributed by atoms with van der Waals surface area (Å²) in [6.07, 6.45) is 9.17. The monoisotopic (exact) mass is 382 g/mol. The zero-order chi connectivity index (χ0) is 19.6. The highest BCUT2D eigenvalue weighted by atomic mass is 16.2. The molecule has 2 aromatic carbocycles. The summed E-state index contributed by atoms with van der Waals surface area (Å²) in [6, 6.07) is 16.2. The van der Waals surface area contributed by atoms with Crippen molar-refractivity contribution in [1.29, 1.82) is 0 Å². The average molecular weight is 382 g/mol. The number of likely N-dealkylation sites (tertiary alicyclic amines) is 1. The summed E-state index contributed by atoms with van der Waals surface area (Å²) in [5.41, 5.74) is 4.94. The Morgan fingerprint density at radius 1 is 1.03 bits per heavy atom. The minimum Gasteiger partial charge on any atom is -0.361 e. The van der Waals surface area contributed by atoms with Gasteiger partial charge in [-0.15, -0.1) is 0 Å². The fourth-order valence-electron chi connectivity index (χ4n) is 4.16. The molecule has 0 radical (unpaired) electrons. The van der Waals surface area contributed by atoms with Gasteiger partial charge in [0.1, 0.15) is 0 Å². The van der Waals surface area contributed by atoms with Crippen LogP contribution in [0.25, 0.3) is 28.0 Å². The first kappa shape index (κ1) is 17.6. The van der Waals surface area contributed by atoms with Crippen LogP contribution in [0.1, 0.15) is 30.0 Å². The van der Waals surface area contributed by atoms with Gasteiger partial charge in [-0.3, -0.25) is 9.78 Å². The summed E-state index contributed by atoms with van der Waals surface area (Å²) in [4.78, 5) is 26.9. The van der Waals surface area contributed by atoms with Crippen LogP contribution in [-0.4, -0.2) is 38.8 Å². The quantitative estimate of drug-likeness (QED) is 0.530. The summed E-state index contributed by atoms with van der Waals surface area (Å²) in [6.45, 7) is 1.55. The fourth-order valence-corrected chi connectivity index (χ4v) is 4.16. The SMILES string of the molecule is O=C(/C=C/c1cnc2ccccc2n1)N1CCC(c2c[nH]c3ccccc23)CC1. The number of amides is 1. The van der Waals surface area contributed by atoms with Crippen LogP contribution in [0.5, 0.6) is 0 Å². The van der Waals surface area contributed by atoms with Gasteiger partial charge in [-0.2, -0.15) is 0 Å². The second-order valence-electron chi connectivity index (χ2n) is 7.51. The van der Waals surface area contributed by atoms with Crippen molar-refractivity contribution in [2.45, 2.75) is 18.8 Å². The van der Waals surface area contributed by atoms with E-state index >= 15 is 0 Å². The largest absolute Gasteiger partial charge is 0.361 e. The number of H-pyrrole nitrogens is 1. The molecule has 1 N–H and O–H groups in total. The van der Waals surface area contributed by atoms with Crippen LogP contribution in [0.15, 0.2) is 67.0 Å². The number of para-hydroxylation sites is 3. The Balaban J connectivity index is 1.24. The lowest BCUT2D eigenvalue weighted by molar-refractivity contribution is -0.126. The van der Waals surface area contributed by atoms with E-state index in [0.29, 0.717) is 11.6 Å². The van der Waals surface area contributed by atoms with E-state index in [1.54, 1.807) is 18.3 Å². The highest BCUT2D eigenvalue weighted by Gasteiger charge is 2.24. The Labute approximate surface area is 169 Å². The lowest BCUT2D eigenvalue weighted by atomic mass is 9.89. The van der Waals surface area contributed by atoms with Crippen LogP contribution in [0, 0.1) is 0 Å². The molecular formula is C24H22N4O. The summed E-state index contributed by atoms with van der Waals surface area (Å²) in [5, 5.41) is 1.30. The van der Waals surface area contributed by atoms with E-state index in [2.05, 4.69) is 45.4 Å². The maximum Gasteiger partial charge on any atom is 0.246 e. The van der Waals surface area contributed by atoms with Crippen molar-refractivity contribution >= 4 is 33.9 Å². The van der Waals surface area contributed by atoms with Gasteiger partial charge in [-0.1, -0.05) is 30.3 Å². The van der Waals surface area contributed by atoms with Gasteiger partial charge in [-0.05, 0) is 48.6 Å². The van der Waals surface area contributed by atoms with Gasteiger partial charge < -0.3 is 9.88 Å². The van der Waals surface area contributed by atoms with Crippen LogP contribution < -0.4 is 0 Å². The molecular weight excluding hydrogens is 360 g/mol. The highest BCUT2D eigenvalue weighted by Crippen LogP contribution is 2.33. The predicted octanol–water partition coefficient (Wildman–Crippen LogP) is 4.53. The zero-order valence-electron chi connectivity index (χ0n) is 16.1. The third-order valence-electron chi connectivity index (χ3n) is 5.73. The number of aromatic amines is 1. The summed E-state index contributed by atoms with van der Waals surface area (Å²) in [7, 11) is 0. The van der Waals surface area contributed by atoms with Crippen molar-refractivity contribution in [3.8, 4) is 0 Å². The molecule has 1 saturated heterocycles. The maximum absolute atomic E-state index is 12.6. The predicted molar refractivity (Wildman–Crippen MR) is 115 cm³/mol. The van der Waals surface area contributed by atoms with Gasteiger partial charge in [0.15, 0.2) is 0 Å². The number of benzene rings is 2. The number of rotatable bonds is 3. The molecule has 0 aliphatic carbocycles. The van der Waals surface area contributed by atoms with E-state index in [4.69, 9.17) is 0 Å². The highest BCUT2D eigenvalue weighted by molar-refractivity contribution is 5.92. The minimum absolute atomic E-state index is 0.0392. The lowest BCUT2D eigenvalue weighted by Crippen LogP contribution is -2.36. The third kappa shape index (κ3) is 3.51. The van der Waals surface area contributed by atoms with Crippen molar-refractivity contribution < 1.29 is 4.79 Å². The minimum atomic E-state index is 0.0392. The molecule has 0 bridgehead atoms. The Morgan fingerprint density at radius 2 is 1.79 bits per heavy atom. The molecule has 4 aromatic rings.